The molecule has 0 saturated carbocycles. The molecule has 0 saturated heterocycles. The third kappa shape index (κ3) is 3.25. The monoisotopic (exact) mass is 273 g/mol. The minimum absolute atomic E-state index is 0.0226. The van der Waals surface area contributed by atoms with Crippen molar-refractivity contribution in [3.63, 3.8) is 0 Å². The average Bonchev–Trinajstić information content (AvgIpc) is 2.15. The van der Waals surface area contributed by atoms with Gasteiger partial charge in [-0.2, -0.15) is 0 Å². The van der Waals surface area contributed by atoms with E-state index in [1.54, 1.807) is 6.07 Å². The van der Waals surface area contributed by atoms with Gasteiger partial charge in [0.1, 0.15) is 11.3 Å². The van der Waals surface area contributed by atoms with Crippen LogP contribution in [0, 0.1) is 0 Å². The molecule has 0 fully saturated rings. The lowest BCUT2D eigenvalue weighted by Crippen LogP contribution is -2.20. The number of rotatable bonds is 4. The first-order valence-corrected chi connectivity index (χ1v) is 4.74. The third-order valence-corrected chi connectivity index (χ3v) is 2.04. The molecule has 0 aliphatic rings. The molecule has 3 N–H and O–H groups in total. The molecule has 0 atom stereocenters. The molecule has 0 bridgehead atoms. The van der Waals surface area contributed by atoms with E-state index >= 15 is 0 Å². The van der Waals surface area contributed by atoms with Crippen LogP contribution in [0.4, 0.5) is 0 Å². The van der Waals surface area contributed by atoms with Crippen molar-refractivity contribution < 1.29 is 19.4 Å². The molecule has 1 aromatic carbocycles. The molecule has 1 rings (SSSR count). The van der Waals surface area contributed by atoms with Gasteiger partial charge in [0.05, 0.1) is 0 Å². The normalized spacial score (nSPS) is 9.67. The van der Waals surface area contributed by atoms with Gasteiger partial charge in [-0.05, 0) is 18.2 Å². The molecule has 0 aliphatic carbocycles. The van der Waals surface area contributed by atoms with Crippen LogP contribution in [0.15, 0.2) is 22.7 Å². The van der Waals surface area contributed by atoms with Crippen molar-refractivity contribution in [3.05, 3.63) is 28.2 Å². The lowest BCUT2D eigenvalue weighted by Gasteiger charge is -2.07. The highest BCUT2D eigenvalue weighted by Gasteiger charge is 2.12. The van der Waals surface area contributed by atoms with E-state index in [9.17, 15) is 9.59 Å². The number of carbonyl (C=O) groups excluding carboxylic acids is 1. The molecule has 0 radical (unpaired) electrons. The number of benzene rings is 1. The zero-order valence-electron chi connectivity index (χ0n) is 7.57. The second-order valence-electron chi connectivity index (χ2n) is 2.70. The lowest BCUT2D eigenvalue weighted by atomic mass is 10.2. The minimum Gasteiger partial charge on any atom is -0.483 e. The van der Waals surface area contributed by atoms with E-state index in [-0.39, 0.29) is 17.9 Å². The first-order chi connectivity index (χ1) is 7.00. The Balaban J connectivity index is 2.95. The Morgan fingerprint density at radius 1 is 1.47 bits per heavy atom. The smallest absolute Gasteiger partial charge is 0.339 e. The zero-order valence-corrected chi connectivity index (χ0v) is 9.15. The molecule has 0 unspecified atom stereocenters. The molecule has 1 aromatic rings. The molecule has 6 heteroatoms. The van der Waals surface area contributed by atoms with Gasteiger partial charge in [-0.25, -0.2) is 4.79 Å². The molecule has 1 amide bonds. The van der Waals surface area contributed by atoms with E-state index in [1.165, 1.54) is 12.1 Å². The summed E-state index contributed by atoms with van der Waals surface area (Å²) in [4.78, 5) is 21.3. The zero-order chi connectivity index (χ0) is 11.4. The number of carboxylic acid groups (broad SMARTS) is 1. The van der Waals surface area contributed by atoms with Crippen LogP contribution in [-0.2, 0) is 4.79 Å². The Morgan fingerprint density at radius 2 is 2.13 bits per heavy atom. The molecule has 5 nitrogen and oxygen atoms in total. The summed E-state index contributed by atoms with van der Waals surface area (Å²) in [6.07, 6.45) is 0. The summed E-state index contributed by atoms with van der Waals surface area (Å²) in [5.41, 5.74) is 4.85. The van der Waals surface area contributed by atoms with Gasteiger partial charge in [0.25, 0.3) is 5.91 Å². The molecule has 80 valence electrons. The Bertz CT molecular complexity index is 405. The lowest BCUT2D eigenvalue weighted by molar-refractivity contribution is -0.119. The maximum atomic E-state index is 10.8. The van der Waals surface area contributed by atoms with Crippen LogP contribution >= 0.6 is 15.9 Å². The van der Waals surface area contributed by atoms with E-state index < -0.39 is 11.9 Å². The van der Waals surface area contributed by atoms with Gasteiger partial charge in [-0.3, -0.25) is 4.79 Å². The van der Waals surface area contributed by atoms with Crippen molar-refractivity contribution in [1.82, 2.24) is 0 Å². The Labute approximate surface area is 94.0 Å². The number of carbonyl (C=O) groups is 2. The fraction of sp³-hybridized carbons (Fsp3) is 0.111. The Hall–Kier alpha value is -1.56. The number of aromatic carboxylic acids is 1. The Kier molecular flexibility index (Phi) is 3.68. The van der Waals surface area contributed by atoms with Gasteiger partial charge in [-0.1, -0.05) is 15.9 Å². The molecular weight excluding hydrogens is 266 g/mol. The number of hydrogen-bond donors (Lipinski definition) is 2. The highest BCUT2D eigenvalue weighted by atomic mass is 79.9. The number of carboxylic acids is 1. The summed E-state index contributed by atoms with van der Waals surface area (Å²) >= 11 is 3.13. The highest BCUT2D eigenvalue weighted by molar-refractivity contribution is 9.10. The predicted octanol–water partition coefficient (Wildman–Crippen LogP) is 1.01. The van der Waals surface area contributed by atoms with Crippen molar-refractivity contribution in [1.29, 1.82) is 0 Å². The second kappa shape index (κ2) is 4.79. The number of hydrogen-bond acceptors (Lipinski definition) is 3. The number of amides is 1. The maximum Gasteiger partial charge on any atom is 0.339 e. The van der Waals surface area contributed by atoms with Gasteiger partial charge < -0.3 is 15.6 Å². The van der Waals surface area contributed by atoms with Crippen LogP contribution in [0.1, 0.15) is 10.4 Å². The standard InChI is InChI=1S/C9H8BrNO4/c10-5-1-2-7(15-4-8(11)12)6(3-5)9(13)14/h1-3H,4H2,(H2,11,12)(H,13,14). The molecule has 0 heterocycles. The molecule has 0 aliphatic heterocycles. The van der Waals surface area contributed by atoms with Gasteiger partial charge in [0.15, 0.2) is 6.61 Å². The molecule has 0 spiro atoms. The fourth-order valence-corrected chi connectivity index (χ4v) is 1.31. The van der Waals surface area contributed by atoms with Crippen molar-refractivity contribution >= 4 is 27.8 Å². The minimum atomic E-state index is -1.13. The van der Waals surface area contributed by atoms with Crippen molar-refractivity contribution in [2.24, 2.45) is 5.73 Å². The first kappa shape index (κ1) is 11.5. The number of primary amides is 1. The quantitative estimate of drug-likeness (QED) is 0.857. The van der Waals surface area contributed by atoms with Gasteiger partial charge >= 0.3 is 5.97 Å². The first-order valence-electron chi connectivity index (χ1n) is 3.94. The van der Waals surface area contributed by atoms with E-state index in [0.29, 0.717) is 4.47 Å². The fourth-order valence-electron chi connectivity index (χ4n) is 0.944. The predicted molar refractivity (Wildman–Crippen MR) is 55.8 cm³/mol. The molecular formula is C9H8BrNO4. The Morgan fingerprint density at radius 3 is 2.67 bits per heavy atom. The van der Waals surface area contributed by atoms with Gasteiger partial charge in [-0.15, -0.1) is 0 Å². The van der Waals surface area contributed by atoms with Crippen molar-refractivity contribution in [2.45, 2.75) is 0 Å². The van der Waals surface area contributed by atoms with Crippen molar-refractivity contribution in [2.75, 3.05) is 6.61 Å². The number of nitrogens with two attached hydrogens (primary N) is 1. The topological polar surface area (TPSA) is 89.6 Å². The average molecular weight is 274 g/mol. The maximum absolute atomic E-state index is 10.8. The van der Waals surface area contributed by atoms with E-state index in [2.05, 4.69) is 15.9 Å². The summed E-state index contributed by atoms with van der Waals surface area (Å²) < 4.78 is 5.56. The molecule has 15 heavy (non-hydrogen) atoms. The van der Waals surface area contributed by atoms with Crippen LogP contribution in [0.2, 0.25) is 0 Å². The van der Waals surface area contributed by atoms with Crippen LogP contribution in [-0.4, -0.2) is 23.6 Å². The summed E-state index contributed by atoms with van der Waals surface area (Å²) in [7, 11) is 0. The van der Waals surface area contributed by atoms with Crippen LogP contribution in [0.25, 0.3) is 0 Å². The van der Waals surface area contributed by atoms with Crippen LogP contribution < -0.4 is 10.5 Å². The van der Waals surface area contributed by atoms with E-state index in [0.717, 1.165) is 0 Å². The largest absolute Gasteiger partial charge is 0.483 e. The number of halogens is 1. The highest BCUT2D eigenvalue weighted by Crippen LogP contribution is 2.23. The van der Waals surface area contributed by atoms with Crippen LogP contribution in [0.5, 0.6) is 5.75 Å². The summed E-state index contributed by atoms with van der Waals surface area (Å²) in [5, 5.41) is 8.84. The summed E-state index contributed by atoms with van der Waals surface area (Å²) in [6, 6.07) is 4.46. The van der Waals surface area contributed by atoms with Gasteiger partial charge in [0, 0.05) is 4.47 Å². The van der Waals surface area contributed by atoms with E-state index in [1.807, 2.05) is 0 Å². The summed E-state index contributed by atoms with van der Waals surface area (Å²) in [5.74, 6) is -1.67. The summed E-state index contributed by atoms with van der Waals surface area (Å²) in [6.45, 7) is -0.345. The van der Waals surface area contributed by atoms with Crippen LogP contribution in [0.3, 0.4) is 0 Å². The second-order valence-corrected chi connectivity index (χ2v) is 3.62. The third-order valence-electron chi connectivity index (χ3n) is 1.54. The van der Waals surface area contributed by atoms with E-state index in [4.69, 9.17) is 15.6 Å². The SMILES string of the molecule is NC(=O)COc1ccc(Br)cc1C(=O)O. The number of ether oxygens (including phenoxy) is 1. The van der Waals surface area contributed by atoms with Gasteiger partial charge in [0.2, 0.25) is 0 Å². The molecule has 0 aromatic heterocycles. The van der Waals surface area contributed by atoms with Crippen molar-refractivity contribution in [3.8, 4) is 5.75 Å².